The minimum Gasteiger partial charge on any atom is -0.381 e. The van der Waals surface area contributed by atoms with Gasteiger partial charge in [0, 0.05) is 35.4 Å². The zero-order valence-electron chi connectivity index (χ0n) is 12.0. The number of anilines is 1. The van der Waals surface area contributed by atoms with Crippen LogP contribution in [0.1, 0.15) is 5.56 Å². The van der Waals surface area contributed by atoms with Crippen LogP contribution >= 0.6 is 0 Å². The van der Waals surface area contributed by atoms with Gasteiger partial charge in [-0.2, -0.15) is 0 Å². The van der Waals surface area contributed by atoms with Crippen LogP contribution in [0.3, 0.4) is 0 Å². The molecule has 0 atom stereocenters. The smallest absolute Gasteiger partial charge is 0.0705 e. The third-order valence-electron chi connectivity index (χ3n) is 3.83. The summed E-state index contributed by atoms with van der Waals surface area (Å²) in [5, 5.41) is 5.83. The van der Waals surface area contributed by atoms with Crippen LogP contribution in [0.4, 0.5) is 5.69 Å². The zero-order chi connectivity index (χ0) is 14.8. The van der Waals surface area contributed by atoms with E-state index in [9.17, 15) is 0 Å². The maximum absolute atomic E-state index is 4.40. The van der Waals surface area contributed by atoms with Gasteiger partial charge in [0.15, 0.2) is 0 Å². The van der Waals surface area contributed by atoms with Crippen LogP contribution in [0.2, 0.25) is 0 Å². The number of fused-ring (bicyclic) bond motifs is 2. The summed E-state index contributed by atoms with van der Waals surface area (Å²) in [7, 11) is 0. The number of pyridine rings is 2. The molecule has 0 saturated carbocycles. The first-order valence-corrected chi connectivity index (χ1v) is 7.31. The van der Waals surface area contributed by atoms with Gasteiger partial charge in [-0.05, 0) is 42.0 Å². The third kappa shape index (κ3) is 2.37. The van der Waals surface area contributed by atoms with Gasteiger partial charge in [0.2, 0.25) is 0 Å². The average Bonchev–Trinajstić information content (AvgIpc) is 2.60. The lowest BCUT2D eigenvalue weighted by atomic mass is 10.1. The van der Waals surface area contributed by atoms with Crippen LogP contribution < -0.4 is 5.32 Å². The topological polar surface area (TPSA) is 37.8 Å². The van der Waals surface area contributed by atoms with Gasteiger partial charge in [-0.3, -0.25) is 9.97 Å². The molecule has 106 valence electrons. The van der Waals surface area contributed by atoms with Gasteiger partial charge in [-0.1, -0.05) is 24.3 Å². The first-order chi connectivity index (χ1) is 10.9. The van der Waals surface area contributed by atoms with Crippen molar-refractivity contribution >= 4 is 27.5 Å². The number of hydrogen-bond acceptors (Lipinski definition) is 3. The molecule has 1 N–H and O–H groups in total. The molecule has 2 heterocycles. The highest BCUT2D eigenvalue weighted by atomic mass is 14.9. The van der Waals surface area contributed by atoms with Gasteiger partial charge in [0.1, 0.15) is 0 Å². The summed E-state index contributed by atoms with van der Waals surface area (Å²) >= 11 is 0. The van der Waals surface area contributed by atoms with Crippen molar-refractivity contribution < 1.29 is 0 Å². The summed E-state index contributed by atoms with van der Waals surface area (Å²) in [6.45, 7) is 0.773. The number of benzene rings is 2. The maximum Gasteiger partial charge on any atom is 0.0705 e. The van der Waals surface area contributed by atoms with Crippen LogP contribution in [-0.4, -0.2) is 9.97 Å². The van der Waals surface area contributed by atoms with E-state index >= 15 is 0 Å². The average molecular weight is 285 g/mol. The number of nitrogens with one attached hydrogen (secondary N) is 1. The van der Waals surface area contributed by atoms with Gasteiger partial charge >= 0.3 is 0 Å². The Bertz CT molecular complexity index is 942. The molecule has 4 aromatic rings. The molecular weight excluding hydrogens is 270 g/mol. The maximum atomic E-state index is 4.40. The lowest BCUT2D eigenvalue weighted by molar-refractivity contribution is 1.16. The highest BCUT2D eigenvalue weighted by Crippen LogP contribution is 2.20. The SMILES string of the molecule is c1cnc2ccc(NCc3ccnc4ccccc34)cc2c1. The molecule has 0 saturated heterocycles. The number of nitrogens with zero attached hydrogens (tertiary/aromatic N) is 2. The Hall–Kier alpha value is -2.94. The summed E-state index contributed by atoms with van der Waals surface area (Å²) in [4.78, 5) is 8.75. The summed E-state index contributed by atoms with van der Waals surface area (Å²) in [5.41, 5.74) is 4.39. The van der Waals surface area contributed by atoms with Crippen LogP contribution in [0.25, 0.3) is 21.8 Å². The molecule has 0 unspecified atom stereocenters. The van der Waals surface area contributed by atoms with E-state index in [1.807, 2.05) is 36.7 Å². The molecular formula is C19H15N3. The largest absolute Gasteiger partial charge is 0.381 e. The zero-order valence-corrected chi connectivity index (χ0v) is 12.0. The fraction of sp³-hybridized carbons (Fsp3) is 0.0526. The number of rotatable bonds is 3. The predicted molar refractivity (Wildman–Crippen MR) is 90.8 cm³/mol. The molecule has 2 aromatic heterocycles. The quantitative estimate of drug-likeness (QED) is 0.606. The highest BCUT2D eigenvalue weighted by molar-refractivity contribution is 5.83. The van der Waals surface area contributed by atoms with E-state index in [0.717, 1.165) is 28.7 Å². The van der Waals surface area contributed by atoms with Crippen molar-refractivity contribution in [1.82, 2.24) is 9.97 Å². The van der Waals surface area contributed by atoms with Gasteiger partial charge < -0.3 is 5.32 Å². The van der Waals surface area contributed by atoms with Crippen LogP contribution in [0.15, 0.2) is 73.1 Å². The Morgan fingerprint density at radius 3 is 2.68 bits per heavy atom. The normalized spacial score (nSPS) is 10.9. The molecule has 0 aliphatic heterocycles. The van der Waals surface area contributed by atoms with Gasteiger partial charge in [0.05, 0.1) is 11.0 Å². The monoisotopic (exact) mass is 285 g/mol. The fourth-order valence-corrected chi connectivity index (χ4v) is 2.69. The minimum atomic E-state index is 0.773. The molecule has 3 heteroatoms. The minimum absolute atomic E-state index is 0.773. The first kappa shape index (κ1) is 12.8. The highest BCUT2D eigenvalue weighted by Gasteiger charge is 2.02. The van der Waals surface area contributed by atoms with E-state index < -0.39 is 0 Å². The Morgan fingerprint density at radius 1 is 0.773 bits per heavy atom. The number of aromatic nitrogens is 2. The third-order valence-corrected chi connectivity index (χ3v) is 3.83. The van der Waals surface area contributed by atoms with E-state index in [-0.39, 0.29) is 0 Å². The van der Waals surface area contributed by atoms with E-state index in [1.165, 1.54) is 10.9 Å². The van der Waals surface area contributed by atoms with Crippen molar-refractivity contribution in [3.05, 3.63) is 78.6 Å². The number of hydrogen-bond donors (Lipinski definition) is 1. The fourth-order valence-electron chi connectivity index (χ4n) is 2.69. The summed E-state index contributed by atoms with van der Waals surface area (Å²) in [6.07, 6.45) is 3.68. The molecule has 0 fully saturated rings. The van der Waals surface area contributed by atoms with E-state index in [1.54, 1.807) is 0 Å². The van der Waals surface area contributed by atoms with Crippen molar-refractivity contribution in [3.8, 4) is 0 Å². The lowest BCUT2D eigenvalue weighted by Crippen LogP contribution is -2.00. The second-order valence-corrected chi connectivity index (χ2v) is 5.25. The molecule has 0 spiro atoms. The van der Waals surface area contributed by atoms with E-state index in [0.29, 0.717) is 0 Å². The Morgan fingerprint density at radius 2 is 1.68 bits per heavy atom. The van der Waals surface area contributed by atoms with Crippen LogP contribution in [0, 0.1) is 0 Å². The molecule has 4 rings (SSSR count). The Kier molecular flexibility index (Phi) is 3.16. The van der Waals surface area contributed by atoms with E-state index in [2.05, 4.69) is 51.7 Å². The Labute approximate surface area is 128 Å². The predicted octanol–water partition coefficient (Wildman–Crippen LogP) is 4.40. The summed E-state index contributed by atoms with van der Waals surface area (Å²) in [6, 6.07) is 20.6. The van der Waals surface area contributed by atoms with Crippen LogP contribution in [0.5, 0.6) is 0 Å². The van der Waals surface area contributed by atoms with Crippen molar-refractivity contribution in [2.45, 2.75) is 6.54 Å². The molecule has 22 heavy (non-hydrogen) atoms. The molecule has 3 nitrogen and oxygen atoms in total. The van der Waals surface area contributed by atoms with Crippen molar-refractivity contribution in [2.75, 3.05) is 5.32 Å². The lowest BCUT2D eigenvalue weighted by Gasteiger charge is -2.09. The summed E-state index contributed by atoms with van der Waals surface area (Å²) < 4.78 is 0. The molecule has 2 aromatic carbocycles. The van der Waals surface area contributed by atoms with Gasteiger partial charge in [0.25, 0.3) is 0 Å². The molecule has 0 radical (unpaired) electrons. The van der Waals surface area contributed by atoms with Gasteiger partial charge in [-0.15, -0.1) is 0 Å². The standard InChI is InChI=1S/C19H15N3/c1-2-6-19-17(5-1)15(9-11-21-19)13-22-16-7-8-18-14(12-16)4-3-10-20-18/h1-12,22H,13H2. The molecule has 0 amide bonds. The van der Waals surface area contributed by atoms with Crippen molar-refractivity contribution in [3.63, 3.8) is 0 Å². The molecule has 0 aliphatic rings. The van der Waals surface area contributed by atoms with Crippen molar-refractivity contribution in [2.24, 2.45) is 0 Å². The van der Waals surface area contributed by atoms with Crippen LogP contribution in [-0.2, 0) is 6.54 Å². The first-order valence-electron chi connectivity index (χ1n) is 7.31. The Balaban J connectivity index is 1.63. The second kappa shape index (κ2) is 5.45. The van der Waals surface area contributed by atoms with Gasteiger partial charge in [-0.25, -0.2) is 0 Å². The molecule has 0 bridgehead atoms. The molecule has 0 aliphatic carbocycles. The number of para-hydroxylation sites is 1. The van der Waals surface area contributed by atoms with E-state index in [4.69, 9.17) is 0 Å². The van der Waals surface area contributed by atoms with Crippen molar-refractivity contribution in [1.29, 1.82) is 0 Å². The second-order valence-electron chi connectivity index (χ2n) is 5.25. The summed E-state index contributed by atoms with van der Waals surface area (Å²) in [5.74, 6) is 0.